The van der Waals surface area contributed by atoms with Crippen LogP contribution >= 0.6 is 0 Å². The molecule has 1 aromatic heterocycles. The van der Waals surface area contributed by atoms with Crippen molar-refractivity contribution in [2.24, 2.45) is 5.73 Å². The van der Waals surface area contributed by atoms with Crippen molar-refractivity contribution < 1.29 is 9.59 Å². The second kappa shape index (κ2) is 7.82. The Morgan fingerprint density at radius 3 is 2.40 bits per heavy atom. The fourth-order valence-corrected chi connectivity index (χ4v) is 2.94. The third-order valence-corrected chi connectivity index (χ3v) is 4.04. The molecule has 25 heavy (non-hydrogen) atoms. The van der Waals surface area contributed by atoms with Crippen LogP contribution in [0.5, 0.6) is 0 Å². The molecule has 1 fully saturated rings. The van der Waals surface area contributed by atoms with E-state index < -0.39 is 0 Å². The number of primary amides is 1. The van der Waals surface area contributed by atoms with Crippen LogP contribution in [-0.2, 0) is 16.0 Å². The van der Waals surface area contributed by atoms with E-state index in [1.165, 1.54) is 0 Å². The Labute approximate surface area is 149 Å². The van der Waals surface area contributed by atoms with Crippen LogP contribution in [0.2, 0.25) is 0 Å². The highest BCUT2D eigenvalue weighted by Crippen LogP contribution is 2.20. The van der Waals surface area contributed by atoms with Crippen molar-refractivity contribution in [1.29, 1.82) is 0 Å². The number of amides is 2. The van der Waals surface area contributed by atoms with Gasteiger partial charge in [-0.2, -0.15) is 0 Å². The molecule has 2 heterocycles. The number of carbonyl (C=O) groups excluding carboxylic acids is 2. The summed E-state index contributed by atoms with van der Waals surface area (Å²) in [6.45, 7) is 11.3. The summed E-state index contributed by atoms with van der Waals surface area (Å²) in [5.41, 5.74) is 6.86. The van der Waals surface area contributed by atoms with Crippen molar-refractivity contribution in [3.8, 4) is 0 Å². The monoisotopic (exact) mass is 347 g/mol. The van der Waals surface area contributed by atoms with Gasteiger partial charge >= 0.3 is 0 Å². The quantitative estimate of drug-likeness (QED) is 0.807. The molecule has 1 saturated heterocycles. The normalized spacial score (nSPS) is 15.9. The van der Waals surface area contributed by atoms with E-state index >= 15 is 0 Å². The summed E-state index contributed by atoms with van der Waals surface area (Å²) in [6, 6.07) is 3.92. The fourth-order valence-electron chi connectivity index (χ4n) is 2.94. The Bertz CT molecular complexity index is 631. The molecule has 0 radical (unpaired) electrons. The van der Waals surface area contributed by atoms with Gasteiger partial charge < -0.3 is 16.0 Å². The van der Waals surface area contributed by atoms with Gasteiger partial charge in [0.15, 0.2) is 0 Å². The van der Waals surface area contributed by atoms with E-state index in [2.05, 4.69) is 15.1 Å². The molecule has 0 bridgehead atoms. The number of nitrogens with zero attached hydrogens (tertiary/aromatic N) is 3. The maximum Gasteiger partial charge on any atom is 0.231 e. The number of aryl methyl sites for hydroxylation is 1. The van der Waals surface area contributed by atoms with E-state index in [1.54, 1.807) is 0 Å². The molecule has 0 spiro atoms. The van der Waals surface area contributed by atoms with E-state index in [1.807, 2.05) is 39.8 Å². The lowest BCUT2D eigenvalue weighted by atomic mass is 10.1. The van der Waals surface area contributed by atoms with Gasteiger partial charge in [0.2, 0.25) is 11.8 Å². The van der Waals surface area contributed by atoms with Gasteiger partial charge in [-0.3, -0.25) is 14.5 Å². The topological polar surface area (TPSA) is 91.6 Å². The zero-order chi connectivity index (χ0) is 18.6. The van der Waals surface area contributed by atoms with Gasteiger partial charge in [0, 0.05) is 31.7 Å². The Balaban J connectivity index is 2.02. The number of hydrogen-bond acceptors (Lipinski definition) is 5. The number of nitrogens with two attached hydrogens (primary N) is 1. The van der Waals surface area contributed by atoms with E-state index in [0.717, 1.165) is 43.3 Å². The predicted molar refractivity (Wildman–Crippen MR) is 98.4 cm³/mol. The van der Waals surface area contributed by atoms with Crippen molar-refractivity contribution in [3.63, 3.8) is 0 Å². The summed E-state index contributed by atoms with van der Waals surface area (Å²) in [5.74, 6) is 0.593. The highest BCUT2D eigenvalue weighted by atomic mass is 16.2. The summed E-state index contributed by atoms with van der Waals surface area (Å²) in [4.78, 5) is 32.1. The summed E-state index contributed by atoms with van der Waals surface area (Å²) < 4.78 is 0. The number of nitrogens with one attached hydrogen (secondary N) is 1. The molecule has 3 N–H and O–H groups in total. The van der Waals surface area contributed by atoms with Crippen LogP contribution in [0.4, 0.5) is 5.82 Å². The van der Waals surface area contributed by atoms with Crippen LogP contribution < -0.4 is 16.0 Å². The number of anilines is 1. The van der Waals surface area contributed by atoms with Crippen LogP contribution in [0.3, 0.4) is 0 Å². The zero-order valence-corrected chi connectivity index (χ0v) is 15.6. The minimum Gasteiger partial charge on any atom is -0.369 e. The molecule has 1 aliphatic heterocycles. The molecule has 2 rings (SSSR count). The number of pyridine rings is 1. The third kappa shape index (κ3) is 6.01. The molecule has 1 aliphatic rings. The number of aromatic nitrogens is 1. The second-order valence-electron chi connectivity index (χ2n) is 7.65. The largest absolute Gasteiger partial charge is 0.369 e. The lowest BCUT2D eigenvalue weighted by Crippen LogP contribution is -2.49. The van der Waals surface area contributed by atoms with Crippen molar-refractivity contribution in [2.75, 3.05) is 37.6 Å². The van der Waals surface area contributed by atoms with Crippen LogP contribution in [-0.4, -0.2) is 60.0 Å². The Kier molecular flexibility index (Phi) is 6.00. The maximum absolute atomic E-state index is 12.1. The van der Waals surface area contributed by atoms with E-state index in [9.17, 15) is 9.59 Å². The minimum atomic E-state index is -0.297. The van der Waals surface area contributed by atoms with Gasteiger partial charge in [0.05, 0.1) is 18.7 Å². The maximum atomic E-state index is 12.1. The number of carbonyl (C=O) groups is 2. The zero-order valence-electron chi connectivity index (χ0n) is 15.6. The molecule has 1 aromatic rings. The average Bonchev–Trinajstić information content (AvgIpc) is 2.47. The Morgan fingerprint density at radius 2 is 1.84 bits per heavy atom. The third-order valence-electron chi connectivity index (χ3n) is 4.04. The summed E-state index contributed by atoms with van der Waals surface area (Å²) in [5, 5.41) is 2.96. The van der Waals surface area contributed by atoms with Gasteiger partial charge in [-0.05, 0) is 39.3 Å². The first kappa shape index (κ1) is 19.2. The van der Waals surface area contributed by atoms with Crippen molar-refractivity contribution in [2.45, 2.75) is 39.7 Å². The molecule has 7 heteroatoms. The minimum absolute atomic E-state index is 0.0268. The van der Waals surface area contributed by atoms with Crippen LogP contribution in [0.25, 0.3) is 0 Å². The fraction of sp³-hybridized carbons (Fsp3) is 0.611. The molecular formula is C18H29N5O2. The van der Waals surface area contributed by atoms with Crippen molar-refractivity contribution in [1.82, 2.24) is 15.2 Å². The van der Waals surface area contributed by atoms with Gasteiger partial charge in [-0.1, -0.05) is 6.07 Å². The molecule has 0 aromatic carbocycles. The van der Waals surface area contributed by atoms with Crippen LogP contribution in [0.1, 0.15) is 32.0 Å². The summed E-state index contributed by atoms with van der Waals surface area (Å²) in [7, 11) is 0. The smallest absolute Gasteiger partial charge is 0.231 e. The first-order chi connectivity index (χ1) is 11.6. The molecule has 0 unspecified atom stereocenters. The number of hydrogen-bond donors (Lipinski definition) is 2. The molecule has 2 amide bonds. The highest BCUT2D eigenvalue weighted by Gasteiger charge is 2.21. The van der Waals surface area contributed by atoms with E-state index in [0.29, 0.717) is 6.54 Å². The predicted octanol–water partition coefficient (Wildman–Crippen LogP) is 0.455. The molecule has 0 atom stereocenters. The van der Waals surface area contributed by atoms with E-state index in [-0.39, 0.29) is 23.8 Å². The number of rotatable bonds is 5. The van der Waals surface area contributed by atoms with Crippen LogP contribution in [0.15, 0.2) is 12.1 Å². The van der Waals surface area contributed by atoms with Gasteiger partial charge in [0.25, 0.3) is 0 Å². The lowest BCUT2D eigenvalue weighted by molar-refractivity contribution is -0.122. The Hall–Kier alpha value is -2.15. The highest BCUT2D eigenvalue weighted by molar-refractivity contribution is 5.79. The van der Waals surface area contributed by atoms with Gasteiger partial charge in [0.1, 0.15) is 5.82 Å². The lowest BCUT2D eigenvalue weighted by Gasteiger charge is -2.35. The summed E-state index contributed by atoms with van der Waals surface area (Å²) >= 11 is 0. The second-order valence-corrected chi connectivity index (χ2v) is 7.65. The SMILES string of the molecule is Cc1ccc(CC(=O)NC(C)(C)C)nc1N1CCN(CC(N)=O)CC1. The molecular weight excluding hydrogens is 318 g/mol. The number of piperazine rings is 1. The molecule has 0 aliphatic carbocycles. The summed E-state index contributed by atoms with van der Waals surface area (Å²) in [6.07, 6.45) is 0.270. The molecule has 0 saturated carbocycles. The Morgan fingerprint density at radius 1 is 1.20 bits per heavy atom. The standard InChI is InChI=1S/C18H29N5O2/c1-13-5-6-14(11-16(25)21-18(2,3)4)20-17(13)23-9-7-22(8-10-23)12-15(19)24/h5-6H,7-12H2,1-4H3,(H2,19,24)(H,21,25). The average molecular weight is 347 g/mol. The van der Waals surface area contributed by atoms with Crippen molar-refractivity contribution >= 4 is 17.6 Å². The molecule has 7 nitrogen and oxygen atoms in total. The van der Waals surface area contributed by atoms with Gasteiger partial charge in [-0.25, -0.2) is 4.98 Å². The van der Waals surface area contributed by atoms with E-state index in [4.69, 9.17) is 10.7 Å². The molecule has 138 valence electrons. The van der Waals surface area contributed by atoms with Crippen molar-refractivity contribution in [3.05, 3.63) is 23.4 Å². The van der Waals surface area contributed by atoms with Gasteiger partial charge in [-0.15, -0.1) is 0 Å². The first-order valence-corrected chi connectivity index (χ1v) is 8.67. The van der Waals surface area contributed by atoms with Crippen LogP contribution in [0, 0.1) is 6.92 Å². The first-order valence-electron chi connectivity index (χ1n) is 8.67.